The normalized spacial score (nSPS) is 11.6. The molecule has 90 valence electrons. The second-order valence-electron chi connectivity index (χ2n) is 3.47. The highest BCUT2D eigenvalue weighted by Crippen LogP contribution is 2.14. The number of rotatable bonds is 4. The zero-order valence-electron chi connectivity index (χ0n) is 9.38. The van der Waals surface area contributed by atoms with E-state index in [-0.39, 0.29) is 29.1 Å². The van der Waals surface area contributed by atoms with E-state index in [0.29, 0.717) is 0 Å². The summed E-state index contributed by atoms with van der Waals surface area (Å²) in [6.07, 6.45) is 0.222. The number of carbonyl (C=O) groups excluding carboxylic acids is 1. The van der Waals surface area contributed by atoms with Gasteiger partial charge in [-0.05, 0) is 6.92 Å². The Morgan fingerprint density at radius 2 is 2.35 bits per heavy atom. The molecule has 1 aromatic heterocycles. The molecule has 1 rings (SSSR count). The molecule has 17 heavy (non-hydrogen) atoms. The molecule has 1 atom stereocenters. The Bertz CT molecular complexity index is 477. The zero-order valence-corrected chi connectivity index (χ0v) is 10.2. The first-order valence-electron chi connectivity index (χ1n) is 4.80. The van der Waals surface area contributed by atoms with Crippen LogP contribution in [0.25, 0.3) is 0 Å². The molecule has 1 amide bonds. The van der Waals surface area contributed by atoms with Crippen LogP contribution in [0, 0.1) is 11.3 Å². The molecular formula is C10H11N3O3S. The summed E-state index contributed by atoms with van der Waals surface area (Å²) in [6.45, 7) is 1.74. The molecule has 1 unspecified atom stereocenters. The van der Waals surface area contributed by atoms with E-state index < -0.39 is 5.97 Å². The molecule has 1 aromatic rings. The maximum Gasteiger partial charge on any atom is 0.355 e. The summed E-state index contributed by atoms with van der Waals surface area (Å²) in [5.41, 5.74) is -0.139. The van der Waals surface area contributed by atoms with Crippen molar-refractivity contribution in [3.8, 4) is 6.07 Å². The first-order valence-corrected chi connectivity index (χ1v) is 5.68. The van der Waals surface area contributed by atoms with Gasteiger partial charge >= 0.3 is 5.97 Å². The van der Waals surface area contributed by atoms with Gasteiger partial charge in [0.1, 0.15) is 0 Å². The smallest absolute Gasteiger partial charge is 0.355 e. The highest BCUT2D eigenvalue weighted by molar-refractivity contribution is 7.11. The Balaban J connectivity index is 2.82. The van der Waals surface area contributed by atoms with Crippen LogP contribution in [0.1, 0.15) is 33.6 Å². The average Bonchev–Trinajstić information content (AvgIpc) is 2.76. The molecule has 1 N–H and O–H groups in total. The van der Waals surface area contributed by atoms with Crippen molar-refractivity contribution in [2.24, 2.45) is 0 Å². The molecule has 0 aliphatic carbocycles. The topological polar surface area (TPSA) is 94.3 Å². The summed E-state index contributed by atoms with van der Waals surface area (Å²) in [5.74, 6) is -1.53. The largest absolute Gasteiger partial charge is 0.476 e. The quantitative estimate of drug-likeness (QED) is 0.870. The van der Waals surface area contributed by atoms with Gasteiger partial charge in [-0.25, -0.2) is 9.78 Å². The standard InChI is InChI=1S/C10H11N3O3S/c1-6(3-4-11)13(2)9(14)8-12-7(5-17-8)10(15)16/h5-6H,3H2,1-2H3,(H,15,16). The molecule has 0 spiro atoms. The van der Waals surface area contributed by atoms with E-state index in [0.717, 1.165) is 11.3 Å². The van der Waals surface area contributed by atoms with E-state index in [9.17, 15) is 9.59 Å². The Kier molecular flexibility index (Phi) is 4.17. The fourth-order valence-corrected chi connectivity index (χ4v) is 1.86. The first-order chi connectivity index (χ1) is 7.97. The van der Waals surface area contributed by atoms with Crippen molar-refractivity contribution in [3.05, 3.63) is 16.1 Å². The molecule has 0 aromatic carbocycles. The highest BCUT2D eigenvalue weighted by atomic mass is 32.1. The molecule has 0 saturated heterocycles. The van der Waals surface area contributed by atoms with Crippen LogP contribution < -0.4 is 0 Å². The molecule has 0 bridgehead atoms. The van der Waals surface area contributed by atoms with Gasteiger partial charge in [0.2, 0.25) is 0 Å². The van der Waals surface area contributed by atoms with Gasteiger partial charge in [0.25, 0.3) is 5.91 Å². The number of hydrogen-bond acceptors (Lipinski definition) is 5. The van der Waals surface area contributed by atoms with Crippen LogP contribution >= 0.6 is 11.3 Å². The molecule has 0 saturated carbocycles. The number of thiazole rings is 1. The minimum Gasteiger partial charge on any atom is -0.476 e. The predicted molar refractivity (Wildman–Crippen MR) is 60.9 cm³/mol. The fraction of sp³-hybridized carbons (Fsp3) is 0.400. The van der Waals surface area contributed by atoms with E-state index in [1.54, 1.807) is 14.0 Å². The van der Waals surface area contributed by atoms with Gasteiger partial charge in [-0.15, -0.1) is 11.3 Å². The van der Waals surface area contributed by atoms with Crippen molar-refractivity contribution in [2.75, 3.05) is 7.05 Å². The molecule has 0 radical (unpaired) electrons. The lowest BCUT2D eigenvalue weighted by molar-refractivity contribution is 0.0691. The van der Waals surface area contributed by atoms with Gasteiger partial charge in [0, 0.05) is 18.5 Å². The summed E-state index contributed by atoms with van der Waals surface area (Å²) in [6, 6.07) is 1.74. The third-order valence-corrected chi connectivity index (χ3v) is 3.10. The Morgan fingerprint density at radius 3 is 2.82 bits per heavy atom. The van der Waals surface area contributed by atoms with E-state index in [4.69, 9.17) is 10.4 Å². The molecular weight excluding hydrogens is 242 g/mol. The Hall–Kier alpha value is -1.94. The van der Waals surface area contributed by atoms with Gasteiger partial charge in [0.15, 0.2) is 10.7 Å². The van der Waals surface area contributed by atoms with Gasteiger partial charge in [-0.2, -0.15) is 5.26 Å². The van der Waals surface area contributed by atoms with Crippen LogP contribution in [0.4, 0.5) is 0 Å². The van der Waals surface area contributed by atoms with E-state index in [1.165, 1.54) is 10.3 Å². The van der Waals surface area contributed by atoms with Crippen molar-refractivity contribution >= 4 is 23.2 Å². The van der Waals surface area contributed by atoms with Crippen molar-refractivity contribution < 1.29 is 14.7 Å². The summed E-state index contributed by atoms with van der Waals surface area (Å²) >= 11 is 0.984. The SMILES string of the molecule is CC(CC#N)N(C)C(=O)c1nc(C(=O)O)cs1. The first kappa shape index (κ1) is 13.1. The van der Waals surface area contributed by atoms with Crippen LogP contribution in [0.5, 0.6) is 0 Å². The Labute approximate surface area is 102 Å². The van der Waals surface area contributed by atoms with Crippen LogP contribution in [0.2, 0.25) is 0 Å². The monoisotopic (exact) mass is 253 g/mol. The number of nitriles is 1. The number of amides is 1. The minimum absolute atomic E-state index is 0.120. The predicted octanol–water partition coefficient (Wildman–Crippen LogP) is 1.22. The molecule has 0 aliphatic rings. The summed E-state index contributed by atoms with van der Waals surface area (Å²) in [7, 11) is 1.56. The summed E-state index contributed by atoms with van der Waals surface area (Å²) in [4.78, 5) is 27.6. The number of hydrogen-bond donors (Lipinski definition) is 1. The molecule has 7 heteroatoms. The number of aromatic nitrogens is 1. The van der Waals surface area contributed by atoms with Gasteiger partial charge < -0.3 is 10.0 Å². The van der Waals surface area contributed by atoms with Crippen molar-refractivity contribution in [1.82, 2.24) is 9.88 Å². The molecule has 6 nitrogen and oxygen atoms in total. The number of carboxylic acid groups (broad SMARTS) is 1. The molecule has 0 aliphatic heterocycles. The number of carbonyl (C=O) groups is 2. The number of aromatic carboxylic acids is 1. The lowest BCUT2D eigenvalue weighted by Crippen LogP contribution is -2.34. The molecule has 1 heterocycles. The van der Waals surface area contributed by atoms with Crippen molar-refractivity contribution in [1.29, 1.82) is 5.26 Å². The number of carboxylic acids is 1. The second kappa shape index (κ2) is 5.41. The van der Waals surface area contributed by atoms with Gasteiger partial charge in [-0.1, -0.05) is 0 Å². The van der Waals surface area contributed by atoms with Crippen molar-refractivity contribution in [2.45, 2.75) is 19.4 Å². The van der Waals surface area contributed by atoms with Crippen LogP contribution in [-0.4, -0.2) is 40.0 Å². The highest BCUT2D eigenvalue weighted by Gasteiger charge is 2.21. The van der Waals surface area contributed by atoms with Crippen LogP contribution in [-0.2, 0) is 0 Å². The van der Waals surface area contributed by atoms with Gasteiger partial charge in [0.05, 0.1) is 12.5 Å². The van der Waals surface area contributed by atoms with E-state index in [2.05, 4.69) is 4.98 Å². The van der Waals surface area contributed by atoms with E-state index in [1.807, 2.05) is 6.07 Å². The van der Waals surface area contributed by atoms with Crippen LogP contribution in [0.15, 0.2) is 5.38 Å². The minimum atomic E-state index is -1.16. The lowest BCUT2D eigenvalue weighted by atomic mass is 10.2. The maximum atomic E-state index is 11.9. The summed E-state index contributed by atoms with van der Waals surface area (Å²) in [5, 5.41) is 18.7. The number of nitrogens with zero attached hydrogens (tertiary/aromatic N) is 3. The maximum absolute atomic E-state index is 11.9. The summed E-state index contributed by atoms with van der Waals surface area (Å²) < 4.78 is 0. The Morgan fingerprint density at radius 1 is 1.71 bits per heavy atom. The molecule has 0 fully saturated rings. The lowest BCUT2D eigenvalue weighted by Gasteiger charge is -2.21. The van der Waals surface area contributed by atoms with Crippen LogP contribution in [0.3, 0.4) is 0 Å². The fourth-order valence-electron chi connectivity index (χ4n) is 1.09. The third-order valence-electron chi connectivity index (χ3n) is 2.27. The van der Waals surface area contributed by atoms with E-state index >= 15 is 0 Å². The zero-order chi connectivity index (χ0) is 13.0. The van der Waals surface area contributed by atoms with Crippen molar-refractivity contribution in [3.63, 3.8) is 0 Å². The third kappa shape index (κ3) is 3.01. The van der Waals surface area contributed by atoms with Gasteiger partial charge in [-0.3, -0.25) is 4.79 Å². The second-order valence-corrected chi connectivity index (χ2v) is 4.33. The average molecular weight is 253 g/mol.